The van der Waals surface area contributed by atoms with E-state index in [2.05, 4.69) is 22.6 Å². The molecule has 2 aromatic carbocycles. The Morgan fingerprint density at radius 1 is 1.15 bits per heavy atom. The van der Waals surface area contributed by atoms with Gasteiger partial charge in [0.25, 0.3) is 0 Å². The van der Waals surface area contributed by atoms with Gasteiger partial charge in [-0.1, -0.05) is 30.3 Å². The quantitative estimate of drug-likeness (QED) is 0.303. The van der Waals surface area contributed by atoms with Crippen molar-refractivity contribution in [2.24, 2.45) is 0 Å². The number of hydrogen-bond donors (Lipinski definition) is 0. The van der Waals surface area contributed by atoms with Gasteiger partial charge in [-0.3, -0.25) is 4.79 Å². The zero-order valence-electron chi connectivity index (χ0n) is 18.6. The van der Waals surface area contributed by atoms with Crippen LogP contribution in [-0.2, 0) is 16.1 Å². The third-order valence-electron chi connectivity index (χ3n) is 5.89. The molecule has 8 heteroatoms. The second kappa shape index (κ2) is 10.6. The molecule has 174 valence electrons. The standard InChI is InChI=1S/C25H26INO6/c1-16-22(28)19-8-9-20(32-15-30-2)21(26)24(19)33-23(16)18-10-12-27(13-11-18)25(29)31-14-17-6-4-3-5-7-17/h3-9,18H,10-15H2,1-2H3. The van der Waals surface area contributed by atoms with Crippen LogP contribution in [0.3, 0.4) is 0 Å². The molecule has 7 nitrogen and oxygen atoms in total. The molecule has 4 rings (SSSR count). The number of rotatable bonds is 6. The van der Waals surface area contributed by atoms with E-state index in [-0.39, 0.29) is 30.8 Å². The lowest BCUT2D eigenvalue weighted by atomic mass is 9.91. The molecule has 33 heavy (non-hydrogen) atoms. The molecule has 1 aliphatic rings. The van der Waals surface area contributed by atoms with Gasteiger partial charge in [-0.05, 0) is 60.1 Å². The maximum Gasteiger partial charge on any atom is 0.410 e. The van der Waals surface area contributed by atoms with Gasteiger partial charge in [0.15, 0.2) is 17.8 Å². The first-order valence-corrected chi connectivity index (χ1v) is 11.9. The predicted octanol–water partition coefficient (Wildman–Crippen LogP) is 5.20. The smallest absolute Gasteiger partial charge is 0.410 e. The molecule has 1 aliphatic heterocycles. The lowest BCUT2D eigenvalue weighted by Crippen LogP contribution is -2.38. The molecule has 0 saturated carbocycles. The number of fused-ring (bicyclic) bond motifs is 1. The van der Waals surface area contributed by atoms with Crippen molar-refractivity contribution >= 4 is 39.7 Å². The van der Waals surface area contributed by atoms with E-state index in [0.29, 0.717) is 54.0 Å². The molecule has 1 amide bonds. The van der Waals surface area contributed by atoms with Gasteiger partial charge in [-0.15, -0.1) is 0 Å². The number of likely N-dealkylation sites (tertiary alicyclic amines) is 1. The average Bonchev–Trinajstić information content (AvgIpc) is 2.85. The van der Waals surface area contributed by atoms with Gasteiger partial charge >= 0.3 is 6.09 Å². The Labute approximate surface area is 205 Å². The summed E-state index contributed by atoms with van der Waals surface area (Å²) in [5.74, 6) is 1.35. The van der Waals surface area contributed by atoms with Crippen molar-refractivity contribution in [1.82, 2.24) is 4.90 Å². The largest absolute Gasteiger partial charge is 0.466 e. The van der Waals surface area contributed by atoms with Gasteiger partial charge in [0.1, 0.15) is 18.1 Å². The van der Waals surface area contributed by atoms with Crippen molar-refractivity contribution in [3.63, 3.8) is 0 Å². The number of hydrogen-bond acceptors (Lipinski definition) is 6. The van der Waals surface area contributed by atoms with Crippen LogP contribution in [0.1, 0.15) is 35.6 Å². The summed E-state index contributed by atoms with van der Waals surface area (Å²) < 4.78 is 23.1. The third-order valence-corrected chi connectivity index (χ3v) is 6.91. The summed E-state index contributed by atoms with van der Waals surface area (Å²) in [5.41, 5.74) is 2.07. The van der Waals surface area contributed by atoms with E-state index in [9.17, 15) is 9.59 Å². The van der Waals surface area contributed by atoms with E-state index in [1.807, 2.05) is 37.3 Å². The van der Waals surface area contributed by atoms with Crippen molar-refractivity contribution in [2.75, 3.05) is 27.0 Å². The lowest BCUT2D eigenvalue weighted by molar-refractivity contribution is 0.0505. The molecule has 3 aromatic rings. The number of carbonyl (C=O) groups is 1. The van der Waals surface area contributed by atoms with Crippen LogP contribution in [0.5, 0.6) is 5.75 Å². The Bertz CT molecular complexity index is 1180. The second-order valence-electron chi connectivity index (χ2n) is 8.03. The monoisotopic (exact) mass is 563 g/mol. The molecule has 1 fully saturated rings. The summed E-state index contributed by atoms with van der Waals surface area (Å²) in [6.07, 6.45) is 1.08. The van der Waals surface area contributed by atoms with Crippen molar-refractivity contribution in [3.8, 4) is 5.75 Å². The Balaban J connectivity index is 1.48. The molecule has 0 bridgehead atoms. The molecule has 1 saturated heterocycles. The Morgan fingerprint density at radius 3 is 2.58 bits per heavy atom. The fourth-order valence-electron chi connectivity index (χ4n) is 4.08. The lowest BCUT2D eigenvalue weighted by Gasteiger charge is -2.31. The molecule has 0 N–H and O–H groups in total. The molecular weight excluding hydrogens is 537 g/mol. The van der Waals surface area contributed by atoms with Crippen molar-refractivity contribution in [1.29, 1.82) is 0 Å². The summed E-state index contributed by atoms with van der Waals surface area (Å²) in [6.45, 7) is 3.28. The van der Waals surface area contributed by atoms with E-state index in [1.165, 1.54) is 0 Å². The van der Waals surface area contributed by atoms with E-state index in [0.717, 1.165) is 9.13 Å². The summed E-state index contributed by atoms with van der Waals surface area (Å²) in [6, 6.07) is 13.1. The molecule has 1 aromatic heterocycles. The Morgan fingerprint density at radius 2 is 1.88 bits per heavy atom. The van der Waals surface area contributed by atoms with E-state index >= 15 is 0 Å². The van der Waals surface area contributed by atoms with Gasteiger partial charge < -0.3 is 23.5 Å². The van der Waals surface area contributed by atoms with Crippen LogP contribution >= 0.6 is 22.6 Å². The average molecular weight is 563 g/mol. The third kappa shape index (κ3) is 5.16. The van der Waals surface area contributed by atoms with E-state index in [1.54, 1.807) is 24.1 Å². The highest BCUT2D eigenvalue weighted by Gasteiger charge is 2.29. The zero-order chi connectivity index (χ0) is 23.4. The minimum atomic E-state index is -0.316. The van der Waals surface area contributed by atoms with Gasteiger partial charge in [0, 0.05) is 31.7 Å². The Kier molecular flexibility index (Phi) is 7.54. The molecule has 0 radical (unpaired) electrons. The number of piperidine rings is 1. The van der Waals surface area contributed by atoms with Crippen molar-refractivity contribution in [3.05, 3.63) is 73.1 Å². The SMILES string of the molecule is COCOc1ccc2c(=O)c(C)c(C3CCN(C(=O)OCc4ccccc4)CC3)oc2c1I. The van der Waals surface area contributed by atoms with Gasteiger partial charge in [-0.25, -0.2) is 4.79 Å². The summed E-state index contributed by atoms with van der Waals surface area (Å²) in [7, 11) is 1.55. The molecule has 2 heterocycles. The van der Waals surface area contributed by atoms with Crippen LogP contribution in [0.25, 0.3) is 11.0 Å². The van der Waals surface area contributed by atoms with Crippen LogP contribution in [-0.4, -0.2) is 38.0 Å². The fraction of sp³-hybridized carbons (Fsp3) is 0.360. The maximum absolute atomic E-state index is 13.0. The minimum Gasteiger partial charge on any atom is -0.466 e. The number of nitrogens with zero attached hydrogens (tertiary/aromatic N) is 1. The maximum atomic E-state index is 13.0. The topological polar surface area (TPSA) is 78.2 Å². The number of carbonyl (C=O) groups excluding carboxylic acids is 1. The van der Waals surface area contributed by atoms with Crippen LogP contribution in [0.15, 0.2) is 51.7 Å². The molecule has 0 spiro atoms. The van der Waals surface area contributed by atoms with Crippen molar-refractivity contribution in [2.45, 2.75) is 32.3 Å². The highest BCUT2D eigenvalue weighted by Crippen LogP contribution is 2.35. The van der Waals surface area contributed by atoms with Crippen LogP contribution in [0, 0.1) is 10.5 Å². The minimum absolute atomic E-state index is 0.0350. The molecule has 0 aliphatic carbocycles. The van der Waals surface area contributed by atoms with E-state index < -0.39 is 0 Å². The summed E-state index contributed by atoms with van der Waals surface area (Å²) in [5, 5.41) is 0.535. The highest BCUT2D eigenvalue weighted by molar-refractivity contribution is 14.1. The molecule has 0 atom stereocenters. The Hall–Kier alpha value is -2.59. The van der Waals surface area contributed by atoms with Crippen LogP contribution < -0.4 is 10.2 Å². The second-order valence-corrected chi connectivity index (χ2v) is 9.11. The number of ether oxygens (including phenoxy) is 3. The fourth-order valence-corrected chi connectivity index (χ4v) is 4.81. The van der Waals surface area contributed by atoms with Gasteiger partial charge in [-0.2, -0.15) is 0 Å². The summed E-state index contributed by atoms with van der Waals surface area (Å²) in [4.78, 5) is 27.2. The van der Waals surface area contributed by atoms with Gasteiger partial charge in [0.05, 0.1) is 8.96 Å². The van der Waals surface area contributed by atoms with Crippen LogP contribution in [0.4, 0.5) is 4.79 Å². The number of halogens is 1. The predicted molar refractivity (Wildman–Crippen MR) is 133 cm³/mol. The summed E-state index contributed by atoms with van der Waals surface area (Å²) >= 11 is 2.14. The first kappa shape index (κ1) is 23.6. The number of methoxy groups -OCH3 is 1. The van der Waals surface area contributed by atoms with Crippen LogP contribution in [0.2, 0.25) is 0 Å². The van der Waals surface area contributed by atoms with E-state index in [4.69, 9.17) is 18.6 Å². The normalized spacial score (nSPS) is 14.5. The zero-order valence-corrected chi connectivity index (χ0v) is 20.8. The number of amides is 1. The molecule has 0 unspecified atom stereocenters. The molecular formula is C25H26INO6. The van der Waals surface area contributed by atoms with Crippen molar-refractivity contribution < 1.29 is 23.4 Å². The number of benzene rings is 2. The first-order chi connectivity index (χ1) is 16.0. The van der Waals surface area contributed by atoms with Gasteiger partial charge in [0.2, 0.25) is 0 Å². The first-order valence-electron chi connectivity index (χ1n) is 10.8. The highest BCUT2D eigenvalue weighted by atomic mass is 127.